The lowest BCUT2D eigenvalue weighted by Gasteiger charge is -2.37. The van der Waals surface area contributed by atoms with E-state index >= 15 is 0 Å². The van der Waals surface area contributed by atoms with E-state index in [9.17, 15) is 14.4 Å². The van der Waals surface area contributed by atoms with E-state index < -0.39 is 5.79 Å². The molecule has 1 rings (SSSR count). The van der Waals surface area contributed by atoms with Crippen molar-refractivity contribution in [3.8, 4) is 0 Å². The highest BCUT2D eigenvalue weighted by molar-refractivity contribution is 5.76. The Hall–Kier alpha value is -1.75. The molecule has 1 fully saturated rings. The zero-order chi connectivity index (χ0) is 57.5. The van der Waals surface area contributed by atoms with Gasteiger partial charge in [0.25, 0.3) is 0 Å². The van der Waals surface area contributed by atoms with Crippen LogP contribution in [0.25, 0.3) is 0 Å². The molecule has 1 unspecified atom stereocenters. The van der Waals surface area contributed by atoms with Crippen LogP contribution in [0.4, 0.5) is 0 Å². The Morgan fingerprint density at radius 2 is 0.861 bits per heavy atom. The van der Waals surface area contributed by atoms with Crippen LogP contribution < -0.4 is 0 Å². The monoisotopic (exact) mass is 1120 g/mol. The van der Waals surface area contributed by atoms with Crippen LogP contribution in [-0.4, -0.2) is 105 Å². The number of hydrogen-bond donors (Lipinski definition) is 0. The largest absolute Gasteiger partial charge is 0.466 e. The highest BCUT2D eigenvalue weighted by atomic mass is 16.7. The molecule has 0 N–H and O–H groups in total. The molecule has 0 aromatic heterocycles. The molecule has 1 saturated heterocycles. The third-order valence-electron chi connectivity index (χ3n) is 16.6. The van der Waals surface area contributed by atoms with Crippen LogP contribution in [0, 0.1) is 0 Å². The van der Waals surface area contributed by atoms with Crippen molar-refractivity contribution in [3.63, 3.8) is 0 Å². The molecule has 1 heterocycles. The van der Waals surface area contributed by atoms with Crippen LogP contribution in [0.1, 0.15) is 349 Å². The molecule has 1 aliphatic heterocycles. The number of ether oxygens (including phenoxy) is 5. The van der Waals surface area contributed by atoms with Gasteiger partial charge in [0, 0.05) is 45.3 Å². The predicted octanol–water partition coefficient (Wildman–Crippen LogP) is 19.5. The van der Waals surface area contributed by atoms with Gasteiger partial charge in [0.15, 0.2) is 0 Å². The minimum Gasteiger partial charge on any atom is -0.466 e. The molecule has 468 valence electrons. The van der Waals surface area contributed by atoms with Crippen molar-refractivity contribution < 1.29 is 38.1 Å². The van der Waals surface area contributed by atoms with Gasteiger partial charge >= 0.3 is 17.9 Å². The molecule has 79 heavy (non-hydrogen) atoms. The van der Waals surface area contributed by atoms with E-state index in [1.54, 1.807) is 0 Å². The predicted molar refractivity (Wildman–Crippen MR) is 334 cm³/mol. The number of carbonyl (C=O) groups excluding carboxylic acids is 3. The van der Waals surface area contributed by atoms with E-state index in [1.807, 2.05) is 0 Å². The molecule has 10 heteroatoms. The first-order valence-electron chi connectivity index (χ1n) is 34.9. The first-order valence-corrected chi connectivity index (χ1v) is 34.9. The number of esters is 3. The third kappa shape index (κ3) is 45.4. The average molecular weight is 1120 g/mol. The summed E-state index contributed by atoms with van der Waals surface area (Å²) in [6.07, 6.45) is 54.6. The Morgan fingerprint density at radius 3 is 1.34 bits per heavy atom. The second-order valence-electron chi connectivity index (χ2n) is 24.7. The zero-order valence-electron chi connectivity index (χ0n) is 53.8. The maximum Gasteiger partial charge on any atom is 0.323 e. The van der Waals surface area contributed by atoms with E-state index in [-0.39, 0.29) is 36.2 Å². The van der Waals surface area contributed by atoms with E-state index in [0.29, 0.717) is 39.1 Å². The molecule has 2 atom stereocenters. The summed E-state index contributed by atoms with van der Waals surface area (Å²) >= 11 is 0. The van der Waals surface area contributed by atoms with Crippen LogP contribution >= 0.6 is 0 Å². The number of carbonyl (C=O) groups is 3. The molecular weight excluding hydrogens is 985 g/mol. The van der Waals surface area contributed by atoms with Gasteiger partial charge in [0.2, 0.25) is 5.79 Å². The summed E-state index contributed by atoms with van der Waals surface area (Å²) in [5, 5.41) is 0. The number of unbranched alkanes of at least 4 members (excludes halogenated alkanes) is 34. The van der Waals surface area contributed by atoms with Crippen molar-refractivity contribution >= 4 is 17.9 Å². The lowest BCUT2D eigenvalue weighted by molar-refractivity contribution is -0.259. The third-order valence-corrected chi connectivity index (χ3v) is 16.6. The molecule has 0 aromatic rings. The Labute approximate surface area is 490 Å². The van der Waals surface area contributed by atoms with Crippen molar-refractivity contribution in [2.75, 3.05) is 53.6 Å². The quantitative estimate of drug-likeness (QED) is 0.0253. The van der Waals surface area contributed by atoms with Gasteiger partial charge in [0.05, 0.1) is 25.4 Å². The first-order chi connectivity index (χ1) is 38.6. The first kappa shape index (κ1) is 75.3. The number of rotatable bonds is 61. The maximum absolute atomic E-state index is 14.0. The highest BCUT2D eigenvalue weighted by Gasteiger charge is 2.39. The number of likely N-dealkylation sites (tertiary alicyclic amines) is 1. The standard InChI is InChI=1S/C69H134N2O8/c1-8-13-18-23-28-29-30-37-47-58-76-66(72)52-43-39-46-57-71-62-64(75-60-49-56-70(6)7)61-65(71)68(74)77-59-48-38-31-34-42-53-67(73)79-69(54-44-35-26-21-16-11-4,55-45-36-27-22-17-12-5)78-63(50-40-32-24-19-14-9-2)51-41-33-25-20-15-10-3/h63-65H,8-62H2,1-7H3/t64?,65-/m0/s1. The lowest BCUT2D eigenvalue weighted by atomic mass is 9.97. The Bertz CT molecular complexity index is 1320. The fourth-order valence-electron chi connectivity index (χ4n) is 11.6. The maximum atomic E-state index is 14.0. The topological polar surface area (TPSA) is 104 Å². The van der Waals surface area contributed by atoms with Gasteiger partial charge in [0.1, 0.15) is 6.04 Å². The normalized spacial score (nSPS) is 15.0. The molecule has 1 aliphatic rings. The highest BCUT2D eigenvalue weighted by Crippen LogP contribution is 2.34. The van der Waals surface area contributed by atoms with Gasteiger partial charge in [-0.3, -0.25) is 19.3 Å². The summed E-state index contributed by atoms with van der Waals surface area (Å²) in [6, 6.07) is -0.300. The van der Waals surface area contributed by atoms with Crippen LogP contribution in [0.2, 0.25) is 0 Å². The molecule has 0 spiro atoms. The molecule has 0 bridgehead atoms. The minimum atomic E-state index is -0.833. The van der Waals surface area contributed by atoms with Crippen LogP contribution in [-0.2, 0) is 38.1 Å². The fraction of sp³-hybridized carbons (Fsp3) is 0.957. The van der Waals surface area contributed by atoms with Crippen molar-refractivity contribution in [1.29, 1.82) is 0 Å². The number of hydrogen-bond acceptors (Lipinski definition) is 10. The Balaban J connectivity index is 2.79. The van der Waals surface area contributed by atoms with Gasteiger partial charge < -0.3 is 28.6 Å². The summed E-state index contributed by atoms with van der Waals surface area (Å²) < 4.78 is 31.9. The molecular formula is C69H134N2O8. The zero-order valence-corrected chi connectivity index (χ0v) is 53.8. The van der Waals surface area contributed by atoms with E-state index in [4.69, 9.17) is 23.7 Å². The number of nitrogens with zero attached hydrogens (tertiary/aromatic N) is 2. The fourth-order valence-corrected chi connectivity index (χ4v) is 11.6. The SMILES string of the molecule is CCCCCCCCCCCOC(=O)CCCCCN1CC(OCCCN(C)C)C[C@H]1C(=O)OCCCCCCCC(=O)OC(CCCCCCCC)(CCCCCCCC)OC(CCCCCCCC)CCCCCCCC. The molecule has 0 radical (unpaired) electrons. The van der Waals surface area contributed by atoms with Gasteiger partial charge in [-0.2, -0.15) is 0 Å². The van der Waals surface area contributed by atoms with Gasteiger partial charge in [-0.05, 0) is 91.4 Å². The molecule has 0 saturated carbocycles. The van der Waals surface area contributed by atoms with E-state index in [2.05, 4.69) is 58.5 Å². The van der Waals surface area contributed by atoms with Gasteiger partial charge in [-0.1, -0.05) is 253 Å². The van der Waals surface area contributed by atoms with Crippen molar-refractivity contribution in [2.45, 2.75) is 373 Å². The van der Waals surface area contributed by atoms with Gasteiger partial charge in [-0.15, -0.1) is 0 Å². The summed E-state index contributed by atoms with van der Waals surface area (Å²) in [5.74, 6) is -1.15. The molecule has 10 nitrogen and oxygen atoms in total. The molecule has 0 aliphatic carbocycles. The molecule has 0 aromatic carbocycles. The van der Waals surface area contributed by atoms with E-state index in [0.717, 1.165) is 129 Å². The van der Waals surface area contributed by atoms with Gasteiger partial charge in [-0.25, -0.2) is 0 Å². The van der Waals surface area contributed by atoms with Crippen LogP contribution in [0.5, 0.6) is 0 Å². The Kier molecular flexibility index (Phi) is 52.8. The van der Waals surface area contributed by atoms with Crippen molar-refractivity contribution in [3.05, 3.63) is 0 Å². The second-order valence-corrected chi connectivity index (χ2v) is 24.7. The summed E-state index contributed by atoms with van der Waals surface area (Å²) in [7, 11) is 4.16. The molecule has 0 amide bonds. The van der Waals surface area contributed by atoms with Crippen molar-refractivity contribution in [2.24, 2.45) is 0 Å². The summed E-state index contributed by atoms with van der Waals surface area (Å²) in [5.41, 5.74) is 0. The van der Waals surface area contributed by atoms with Crippen LogP contribution in [0.3, 0.4) is 0 Å². The Morgan fingerprint density at radius 1 is 0.456 bits per heavy atom. The smallest absolute Gasteiger partial charge is 0.323 e. The second kappa shape index (κ2) is 55.4. The summed E-state index contributed by atoms with van der Waals surface area (Å²) in [6.45, 7) is 15.5. The minimum absolute atomic E-state index is 0.0156. The van der Waals surface area contributed by atoms with E-state index in [1.165, 1.54) is 186 Å². The lowest BCUT2D eigenvalue weighted by Crippen LogP contribution is -2.42. The summed E-state index contributed by atoms with van der Waals surface area (Å²) in [4.78, 5) is 44.5. The van der Waals surface area contributed by atoms with Crippen molar-refractivity contribution in [1.82, 2.24) is 9.80 Å². The average Bonchev–Trinajstić information content (AvgIpc) is 3.85. The van der Waals surface area contributed by atoms with Crippen LogP contribution in [0.15, 0.2) is 0 Å².